The molecule has 0 saturated carbocycles. The van der Waals surface area contributed by atoms with Crippen LogP contribution in [0.4, 0.5) is 0 Å². The van der Waals surface area contributed by atoms with Gasteiger partial charge in [0.2, 0.25) is 0 Å². The molecule has 0 aliphatic heterocycles. The lowest BCUT2D eigenvalue weighted by Crippen LogP contribution is -2.37. The Hall–Kier alpha value is -1.60. The van der Waals surface area contributed by atoms with Gasteiger partial charge in [-0.3, -0.25) is 4.99 Å². The number of aliphatic imine (C=N–C) groups is 1. The SMILES string of the molecule is CCCCNC(=NC)NCc1ccccc1COCc1ccccc1.I. The van der Waals surface area contributed by atoms with Gasteiger partial charge in [0.25, 0.3) is 0 Å². The molecule has 0 atom stereocenters. The average Bonchev–Trinajstić information content (AvgIpc) is 2.66. The summed E-state index contributed by atoms with van der Waals surface area (Å²) in [6.45, 7) is 5.09. The molecule has 0 aliphatic rings. The highest BCUT2D eigenvalue weighted by molar-refractivity contribution is 14.0. The fraction of sp³-hybridized carbons (Fsp3) is 0.381. The van der Waals surface area contributed by atoms with Crippen LogP contribution in [0.1, 0.15) is 36.5 Å². The van der Waals surface area contributed by atoms with Crippen molar-refractivity contribution < 1.29 is 4.74 Å². The second-order valence-corrected chi connectivity index (χ2v) is 5.95. The summed E-state index contributed by atoms with van der Waals surface area (Å²) in [5.41, 5.74) is 3.63. The van der Waals surface area contributed by atoms with Gasteiger partial charge in [-0.2, -0.15) is 0 Å². The summed E-state index contributed by atoms with van der Waals surface area (Å²) in [5, 5.41) is 6.71. The Bertz CT molecular complexity index is 647. The molecule has 0 spiro atoms. The van der Waals surface area contributed by atoms with Crippen molar-refractivity contribution in [3.05, 3.63) is 71.3 Å². The maximum Gasteiger partial charge on any atom is 0.191 e. The summed E-state index contributed by atoms with van der Waals surface area (Å²) in [6.07, 6.45) is 2.32. The van der Waals surface area contributed by atoms with E-state index >= 15 is 0 Å². The van der Waals surface area contributed by atoms with Crippen LogP contribution in [0.2, 0.25) is 0 Å². The molecule has 2 aromatic carbocycles. The molecule has 0 saturated heterocycles. The summed E-state index contributed by atoms with van der Waals surface area (Å²) in [6, 6.07) is 18.6. The number of halogens is 1. The molecule has 2 rings (SSSR count). The zero-order chi connectivity index (χ0) is 17.7. The third-order valence-electron chi connectivity index (χ3n) is 3.98. The molecule has 4 nitrogen and oxygen atoms in total. The molecule has 0 heterocycles. The van der Waals surface area contributed by atoms with Crippen molar-refractivity contribution in [3.63, 3.8) is 0 Å². The van der Waals surface area contributed by atoms with E-state index in [-0.39, 0.29) is 24.0 Å². The van der Waals surface area contributed by atoms with Crippen LogP contribution in [0.25, 0.3) is 0 Å². The molecule has 26 heavy (non-hydrogen) atoms. The van der Waals surface area contributed by atoms with Crippen LogP contribution in [-0.2, 0) is 24.5 Å². The zero-order valence-electron chi connectivity index (χ0n) is 15.7. The van der Waals surface area contributed by atoms with E-state index in [0.29, 0.717) is 13.2 Å². The van der Waals surface area contributed by atoms with E-state index in [1.165, 1.54) is 23.1 Å². The summed E-state index contributed by atoms with van der Waals surface area (Å²) in [4.78, 5) is 4.27. The molecular weight excluding hydrogens is 437 g/mol. The van der Waals surface area contributed by atoms with E-state index in [2.05, 4.69) is 58.9 Å². The number of ether oxygens (including phenoxy) is 1. The van der Waals surface area contributed by atoms with Crippen LogP contribution in [0.5, 0.6) is 0 Å². The van der Waals surface area contributed by atoms with Crippen molar-refractivity contribution in [2.45, 2.75) is 39.5 Å². The Labute approximate surface area is 174 Å². The van der Waals surface area contributed by atoms with Gasteiger partial charge < -0.3 is 15.4 Å². The van der Waals surface area contributed by atoms with E-state index < -0.39 is 0 Å². The monoisotopic (exact) mass is 467 g/mol. The van der Waals surface area contributed by atoms with Crippen molar-refractivity contribution in [2.24, 2.45) is 4.99 Å². The summed E-state index contributed by atoms with van der Waals surface area (Å²) in [5.74, 6) is 0.841. The Morgan fingerprint density at radius 3 is 2.31 bits per heavy atom. The standard InChI is InChI=1S/C21H29N3O.HI/c1-3-4-14-23-21(22-2)24-15-19-12-8-9-13-20(19)17-25-16-18-10-6-5-7-11-18;/h5-13H,3-4,14-17H2,1-2H3,(H2,22,23,24);1H. The van der Waals surface area contributed by atoms with Crippen molar-refractivity contribution in [2.75, 3.05) is 13.6 Å². The minimum absolute atomic E-state index is 0. The molecule has 142 valence electrons. The van der Waals surface area contributed by atoms with Crippen LogP contribution in [0, 0.1) is 0 Å². The van der Waals surface area contributed by atoms with Crippen LogP contribution < -0.4 is 10.6 Å². The van der Waals surface area contributed by atoms with Gasteiger partial charge in [-0.1, -0.05) is 67.9 Å². The van der Waals surface area contributed by atoms with Crippen molar-refractivity contribution >= 4 is 29.9 Å². The average molecular weight is 467 g/mol. The normalized spacial score (nSPS) is 10.9. The van der Waals surface area contributed by atoms with Gasteiger partial charge in [0.15, 0.2) is 5.96 Å². The van der Waals surface area contributed by atoms with E-state index in [9.17, 15) is 0 Å². The number of hydrogen-bond acceptors (Lipinski definition) is 2. The fourth-order valence-electron chi connectivity index (χ4n) is 2.51. The van der Waals surface area contributed by atoms with Crippen molar-refractivity contribution in [1.82, 2.24) is 10.6 Å². The van der Waals surface area contributed by atoms with Gasteiger partial charge in [0, 0.05) is 20.1 Å². The highest BCUT2D eigenvalue weighted by Crippen LogP contribution is 2.11. The van der Waals surface area contributed by atoms with Crippen LogP contribution in [-0.4, -0.2) is 19.6 Å². The lowest BCUT2D eigenvalue weighted by molar-refractivity contribution is 0.106. The van der Waals surface area contributed by atoms with Gasteiger partial charge in [-0.05, 0) is 23.1 Å². The van der Waals surface area contributed by atoms with Crippen LogP contribution >= 0.6 is 24.0 Å². The summed E-state index contributed by atoms with van der Waals surface area (Å²) in [7, 11) is 1.80. The maximum absolute atomic E-state index is 5.89. The predicted molar refractivity (Wildman–Crippen MR) is 120 cm³/mol. The van der Waals surface area contributed by atoms with Crippen LogP contribution in [0.15, 0.2) is 59.6 Å². The molecule has 0 fully saturated rings. The number of hydrogen-bond donors (Lipinski definition) is 2. The molecule has 0 bridgehead atoms. The Morgan fingerprint density at radius 2 is 1.62 bits per heavy atom. The van der Waals surface area contributed by atoms with Gasteiger partial charge in [-0.25, -0.2) is 0 Å². The molecule has 0 unspecified atom stereocenters. The molecule has 0 radical (unpaired) electrons. The van der Waals surface area contributed by atoms with E-state index in [4.69, 9.17) is 4.74 Å². The molecule has 5 heteroatoms. The highest BCUT2D eigenvalue weighted by atomic mass is 127. The quantitative estimate of drug-likeness (QED) is 0.247. The lowest BCUT2D eigenvalue weighted by Gasteiger charge is -2.14. The number of nitrogens with zero attached hydrogens (tertiary/aromatic N) is 1. The third-order valence-corrected chi connectivity index (χ3v) is 3.98. The highest BCUT2D eigenvalue weighted by Gasteiger charge is 2.04. The molecule has 0 aliphatic carbocycles. The first-order valence-electron chi connectivity index (χ1n) is 8.96. The number of guanidine groups is 1. The molecule has 2 aromatic rings. The van der Waals surface area contributed by atoms with E-state index in [0.717, 1.165) is 25.5 Å². The number of nitrogens with one attached hydrogen (secondary N) is 2. The minimum Gasteiger partial charge on any atom is -0.372 e. The Balaban J connectivity index is 0.00000338. The van der Waals surface area contributed by atoms with Crippen LogP contribution in [0.3, 0.4) is 0 Å². The summed E-state index contributed by atoms with van der Waals surface area (Å²) >= 11 is 0. The molecule has 0 aromatic heterocycles. The predicted octanol–water partition coefficient (Wildman–Crippen LogP) is 4.49. The first-order valence-corrected chi connectivity index (χ1v) is 8.96. The minimum atomic E-state index is 0. The second kappa shape index (κ2) is 13.6. The largest absolute Gasteiger partial charge is 0.372 e. The Kier molecular flexibility index (Phi) is 11.7. The van der Waals surface area contributed by atoms with E-state index in [1.807, 2.05) is 18.2 Å². The number of benzene rings is 2. The first-order chi connectivity index (χ1) is 12.3. The number of rotatable bonds is 9. The van der Waals surface area contributed by atoms with E-state index in [1.54, 1.807) is 7.05 Å². The molecule has 0 amide bonds. The smallest absolute Gasteiger partial charge is 0.191 e. The number of unbranched alkanes of at least 4 members (excludes halogenated alkanes) is 1. The van der Waals surface area contributed by atoms with Gasteiger partial charge in [-0.15, -0.1) is 24.0 Å². The first kappa shape index (κ1) is 22.4. The molecule has 2 N–H and O–H groups in total. The summed E-state index contributed by atoms with van der Waals surface area (Å²) < 4.78 is 5.89. The maximum atomic E-state index is 5.89. The van der Waals surface area contributed by atoms with Crippen molar-refractivity contribution in [3.8, 4) is 0 Å². The third kappa shape index (κ3) is 8.19. The van der Waals surface area contributed by atoms with Crippen molar-refractivity contribution in [1.29, 1.82) is 0 Å². The fourth-order valence-corrected chi connectivity index (χ4v) is 2.51. The topological polar surface area (TPSA) is 45.7 Å². The van der Waals surface area contributed by atoms with Gasteiger partial charge in [0.1, 0.15) is 0 Å². The van der Waals surface area contributed by atoms with Gasteiger partial charge >= 0.3 is 0 Å². The Morgan fingerprint density at radius 1 is 0.923 bits per heavy atom. The van der Waals surface area contributed by atoms with Gasteiger partial charge in [0.05, 0.1) is 13.2 Å². The molecular formula is C21H30IN3O. The zero-order valence-corrected chi connectivity index (χ0v) is 18.0. The lowest BCUT2D eigenvalue weighted by atomic mass is 10.1. The second-order valence-electron chi connectivity index (χ2n) is 5.95.